The summed E-state index contributed by atoms with van der Waals surface area (Å²) in [5.74, 6) is -0.665. The Morgan fingerprint density at radius 3 is 2.65 bits per heavy atom. The second-order valence-corrected chi connectivity index (χ2v) is 8.53. The minimum Gasteiger partial charge on any atom is -0.459 e. The van der Waals surface area contributed by atoms with Crippen LogP contribution < -0.4 is 4.74 Å². The van der Waals surface area contributed by atoms with Crippen LogP contribution in [-0.4, -0.2) is 41.9 Å². The second kappa shape index (κ2) is 7.67. The Balaban J connectivity index is 1.69. The van der Waals surface area contributed by atoms with Crippen LogP contribution in [0.25, 0.3) is 0 Å². The number of ether oxygens (including phenoxy) is 1. The predicted molar refractivity (Wildman–Crippen MR) is 95.8 cm³/mol. The van der Waals surface area contributed by atoms with Gasteiger partial charge in [-0.15, -0.1) is 0 Å². The second-order valence-electron chi connectivity index (χ2n) is 6.56. The van der Waals surface area contributed by atoms with Crippen LogP contribution in [0.1, 0.15) is 29.8 Å². The molecule has 0 amide bonds. The molecule has 0 aliphatic carbocycles. The van der Waals surface area contributed by atoms with E-state index in [1.54, 1.807) is 6.07 Å². The fourth-order valence-corrected chi connectivity index (χ4v) is 4.66. The van der Waals surface area contributed by atoms with Gasteiger partial charge >= 0.3 is 6.01 Å². The molecule has 6 nitrogen and oxygen atoms in total. The Morgan fingerprint density at radius 1 is 1.23 bits per heavy atom. The van der Waals surface area contributed by atoms with Crippen LogP contribution in [0.4, 0.5) is 4.39 Å². The van der Waals surface area contributed by atoms with Crippen LogP contribution in [0, 0.1) is 19.7 Å². The first-order valence-corrected chi connectivity index (χ1v) is 10.1. The highest BCUT2D eigenvalue weighted by Gasteiger charge is 2.30. The average molecular weight is 379 g/mol. The quantitative estimate of drug-likeness (QED) is 0.798. The van der Waals surface area contributed by atoms with Crippen LogP contribution in [0.5, 0.6) is 6.01 Å². The first kappa shape index (κ1) is 18.7. The van der Waals surface area contributed by atoms with E-state index in [2.05, 4.69) is 9.97 Å². The smallest absolute Gasteiger partial charge is 0.317 e. The number of hydrogen-bond donors (Lipinski definition) is 0. The third-order valence-corrected chi connectivity index (χ3v) is 6.02. The van der Waals surface area contributed by atoms with Crippen molar-refractivity contribution in [1.82, 2.24) is 14.3 Å². The van der Waals surface area contributed by atoms with Gasteiger partial charge in [-0.2, -0.15) is 4.31 Å². The van der Waals surface area contributed by atoms with Gasteiger partial charge in [0.05, 0.1) is 12.3 Å². The first-order valence-electron chi connectivity index (χ1n) is 8.53. The largest absolute Gasteiger partial charge is 0.459 e. The molecule has 0 bridgehead atoms. The molecule has 8 heteroatoms. The van der Waals surface area contributed by atoms with Crippen LogP contribution >= 0.6 is 0 Å². The molecule has 1 aliphatic heterocycles. The molecule has 1 aliphatic rings. The lowest BCUT2D eigenvalue weighted by atomic mass is 10.1. The number of aromatic nitrogens is 2. The van der Waals surface area contributed by atoms with Gasteiger partial charge in [-0.1, -0.05) is 12.1 Å². The first-order chi connectivity index (χ1) is 12.3. The molecule has 1 aromatic heterocycles. The molecule has 1 saturated heterocycles. The Hall–Kier alpha value is -2.06. The minimum atomic E-state index is -3.55. The highest BCUT2D eigenvalue weighted by atomic mass is 32.2. The van der Waals surface area contributed by atoms with Gasteiger partial charge in [0.1, 0.15) is 11.9 Å². The van der Waals surface area contributed by atoms with E-state index in [4.69, 9.17) is 4.74 Å². The lowest BCUT2D eigenvalue weighted by Crippen LogP contribution is -2.44. The number of rotatable bonds is 5. The number of hydrogen-bond acceptors (Lipinski definition) is 5. The summed E-state index contributed by atoms with van der Waals surface area (Å²) in [5.41, 5.74) is 2.04. The number of nitrogens with zero attached hydrogens (tertiary/aromatic N) is 3. The summed E-state index contributed by atoms with van der Waals surface area (Å²) in [5, 5.41) is 0. The maximum atomic E-state index is 13.3. The van der Waals surface area contributed by atoms with Crippen molar-refractivity contribution in [1.29, 1.82) is 0 Å². The molecule has 2 heterocycles. The van der Waals surface area contributed by atoms with Crippen molar-refractivity contribution in [2.24, 2.45) is 0 Å². The van der Waals surface area contributed by atoms with Crippen molar-refractivity contribution in [3.05, 3.63) is 53.1 Å². The molecule has 1 atom stereocenters. The lowest BCUT2D eigenvalue weighted by Gasteiger charge is -2.31. The zero-order valence-electron chi connectivity index (χ0n) is 14.9. The highest BCUT2D eigenvalue weighted by molar-refractivity contribution is 7.88. The van der Waals surface area contributed by atoms with Gasteiger partial charge in [0, 0.05) is 17.9 Å². The standard InChI is InChI=1S/C18H22FN3O3S/c1-13-9-14(2)21-18(20-13)25-17-7-4-8-22(11-17)26(23,24)12-15-5-3-6-16(19)10-15/h3,5-6,9-10,17H,4,7-8,11-12H2,1-2H3. The van der Waals surface area contributed by atoms with Crippen molar-refractivity contribution in [3.8, 4) is 6.01 Å². The van der Waals surface area contributed by atoms with Gasteiger partial charge in [-0.05, 0) is 50.5 Å². The van der Waals surface area contributed by atoms with E-state index < -0.39 is 15.8 Å². The van der Waals surface area contributed by atoms with Crippen molar-refractivity contribution < 1.29 is 17.5 Å². The Bertz CT molecular complexity index is 869. The third-order valence-electron chi connectivity index (χ3n) is 4.21. The van der Waals surface area contributed by atoms with E-state index in [0.717, 1.165) is 17.8 Å². The fraction of sp³-hybridized carbons (Fsp3) is 0.444. The highest BCUT2D eigenvalue weighted by Crippen LogP contribution is 2.21. The van der Waals surface area contributed by atoms with E-state index in [1.807, 2.05) is 19.9 Å². The van der Waals surface area contributed by atoms with E-state index in [-0.39, 0.29) is 24.4 Å². The summed E-state index contributed by atoms with van der Waals surface area (Å²) >= 11 is 0. The molecule has 140 valence electrons. The normalized spacial score (nSPS) is 18.7. The Labute approximate surface area is 153 Å². The minimum absolute atomic E-state index is 0.225. The number of piperidine rings is 1. The Kier molecular flexibility index (Phi) is 5.52. The van der Waals surface area contributed by atoms with Crippen molar-refractivity contribution in [3.63, 3.8) is 0 Å². The van der Waals surface area contributed by atoms with E-state index in [0.29, 0.717) is 18.5 Å². The maximum Gasteiger partial charge on any atom is 0.317 e. The van der Waals surface area contributed by atoms with Gasteiger partial charge in [0.25, 0.3) is 0 Å². The van der Waals surface area contributed by atoms with Crippen LogP contribution in [-0.2, 0) is 15.8 Å². The van der Waals surface area contributed by atoms with Gasteiger partial charge in [0.15, 0.2) is 0 Å². The molecule has 1 aromatic carbocycles. The molecule has 1 fully saturated rings. The molecule has 0 N–H and O–H groups in total. The molecule has 3 rings (SSSR count). The monoisotopic (exact) mass is 379 g/mol. The lowest BCUT2D eigenvalue weighted by molar-refractivity contribution is 0.118. The van der Waals surface area contributed by atoms with Gasteiger partial charge in [-0.25, -0.2) is 22.8 Å². The summed E-state index contributed by atoms with van der Waals surface area (Å²) in [7, 11) is -3.55. The average Bonchev–Trinajstić information content (AvgIpc) is 2.53. The molecule has 0 saturated carbocycles. The number of benzene rings is 1. The molecule has 0 radical (unpaired) electrons. The third kappa shape index (κ3) is 4.76. The fourth-order valence-electron chi connectivity index (χ4n) is 3.08. The van der Waals surface area contributed by atoms with Gasteiger partial charge in [-0.3, -0.25) is 0 Å². The van der Waals surface area contributed by atoms with Crippen molar-refractivity contribution >= 4 is 10.0 Å². The van der Waals surface area contributed by atoms with E-state index in [1.165, 1.54) is 22.5 Å². The summed E-state index contributed by atoms with van der Waals surface area (Å²) in [6.07, 6.45) is 1.13. The van der Waals surface area contributed by atoms with E-state index >= 15 is 0 Å². The zero-order chi connectivity index (χ0) is 18.7. The maximum absolute atomic E-state index is 13.3. The molecular weight excluding hydrogens is 357 g/mol. The van der Waals surface area contributed by atoms with Crippen LogP contribution in [0.2, 0.25) is 0 Å². The topological polar surface area (TPSA) is 72.4 Å². The summed E-state index contributed by atoms with van der Waals surface area (Å²) in [4.78, 5) is 8.50. The van der Waals surface area contributed by atoms with Crippen molar-refractivity contribution in [2.45, 2.75) is 38.5 Å². The molecule has 1 unspecified atom stereocenters. The van der Waals surface area contributed by atoms with Crippen LogP contribution in [0.15, 0.2) is 30.3 Å². The van der Waals surface area contributed by atoms with E-state index in [9.17, 15) is 12.8 Å². The van der Waals surface area contributed by atoms with Crippen LogP contribution in [0.3, 0.4) is 0 Å². The summed E-state index contributed by atoms with van der Waals surface area (Å²) < 4.78 is 45.9. The zero-order valence-corrected chi connectivity index (χ0v) is 15.7. The number of aryl methyl sites for hydroxylation is 2. The van der Waals surface area contributed by atoms with Gasteiger partial charge < -0.3 is 4.74 Å². The molecule has 2 aromatic rings. The number of halogens is 1. The van der Waals surface area contributed by atoms with Crippen molar-refractivity contribution in [2.75, 3.05) is 13.1 Å². The molecule has 0 spiro atoms. The number of sulfonamides is 1. The predicted octanol–water partition coefficient (Wildman–Crippen LogP) is 2.61. The summed E-state index contributed by atoms with van der Waals surface area (Å²) in [6.45, 7) is 4.40. The van der Waals surface area contributed by atoms with Gasteiger partial charge in [0.2, 0.25) is 10.0 Å². The SMILES string of the molecule is Cc1cc(C)nc(OC2CCCN(S(=O)(=O)Cc3cccc(F)c3)C2)n1. The summed E-state index contributed by atoms with van der Waals surface area (Å²) in [6, 6.07) is 7.80. The molecular formula is C18H22FN3O3S. The molecule has 26 heavy (non-hydrogen) atoms. The Morgan fingerprint density at radius 2 is 1.96 bits per heavy atom.